The van der Waals surface area contributed by atoms with Crippen molar-refractivity contribution in [2.75, 3.05) is 6.61 Å². The molecule has 7 heteroatoms. The predicted molar refractivity (Wildman–Crippen MR) is 150 cm³/mol. The van der Waals surface area contributed by atoms with E-state index in [1.165, 1.54) is 0 Å². The first kappa shape index (κ1) is 24.1. The van der Waals surface area contributed by atoms with Crippen molar-refractivity contribution in [1.82, 2.24) is 19.3 Å². The normalized spacial score (nSPS) is 11.0. The molecule has 0 aliphatic rings. The van der Waals surface area contributed by atoms with Gasteiger partial charge in [-0.25, -0.2) is 14.5 Å². The maximum absolute atomic E-state index is 13.6. The minimum Gasteiger partial charge on any atom is -0.451 e. The molecule has 0 spiro atoms. The lowest BCUT2D eigenvalue weighted by molar-refractivity contribution is 0.0463. The zero-order valence-electron chi connectivity index (χ0n) is 21.2. The second-order valence-corrected chi connectivity index (χ2v) is 9.04. The number of para-hydroxylation sites is 2. The molecule has 2 aromatic heterocycles. The van der Waals surface area contributed by atoms with Gasteiger partial charge in [0.15, 0.2) is 12.4 Å². The summed E-state index contributed by atoms with van der Waals surface area (Å²) in [6, 6.07) is 36.3. The van der Waals surface area contributed by atoms with Gasteiger partial charge in [0.2, 0.25) is 5.78 Å². The average molecular weight is 513 g/mol. The highest BCUT2D eigenvalue weighted by Gasteiger charge is 2.25. The van der Waals surface area contributed by atoms with Crippen LogP contribution in [0.2, 0.25) is 0 Å². The molecule has 0 radical (unpaired) electrons. The molecule has 0 saturated heterocycles. The molecular weight excluding hydrogens is 488 g/mol. The van der Waals surface area contributed by atoms with Gasteiger partial charge in [0, 0.05) is 23.5 Å². The van der Waals surface area contributed by atoms with Gasteiger partial charge in [-0.15, -0.1) is 5.10 Å². The third kappa shape index (κ3) is 4.51. The van der Waals surface area contributed by atoms with E-state index >= 15 is 0 Å². The van der Waals surface area contributed by atoms with E-state index in [1.807, 2.05) is 127 Å². The van der Waals surface area contributed by atoms with Gasteiger partial charge in [-0.2, -0.15) is 0 Å². The van der Waals surface area contributed by atoms with Crippen LogP contribution in [0, 0.1) is 0 Å². The number of carbonyl (C=O) groups is 2. The summed E-state index contributed by atoms with van der Waals surface area (Å²) in [7, 11) is 1.93. The maximum Gasteiger partial charge on any atom is 0.378 e. The standard InChI is InChI=1S/C32H24N4O3/c1-35-26-20-12-11-19-25(26)28(29(35)22-13-5-2-6-14-22)27(37)21-39-32(38)30-33-31(23-15-7-3-8-16-23)36(34-30)24-17-9-4-10-18-24/h2-20H,21H2,1H3. The number of rotatable bonds is 7. The number of esters is 1. The molecule has 2 heterocycles. The Kier molecular flexibility index (Phi) is 6.31. The Morgan fingerprint density at radius 3 is 2.03 bits per heavy atom. The summed E-state index contributed by atoms with van der Waals surface area (Å²) >= 11 is 0. The van der Waals surface area contributed by atoms with E-state index in [0.29, 0.717) is 11.4 Å². The fourth-order valence-corrected chi connectivity index (χ4v) is 4.80. The van der Waals surface area contributed by atoms with E-state index in [2.05, 4.69) is 10.1 Å². The van der Waals surface area contributed by atoms with Crippen LogP contribution in [0.1, 0.15) is 21.0 Å². The summed E-state index contributed by atoms with van der Waals surface area (Å²) in [6.45, 7) is -0.437. The number of Topliss-reactive ketones (excluding diaryl/α,β-unsaturated/α-hetero) is 1. The Morgan fingerprint density at radius 2 is 1.33 bits per heavy atom. The van der Waals surface area contributed by atoms with Crippen LogP contribution in [-0.4, -0.2) is 37.7 Å². The zero-order valence-corrected chi connectivity index (χ0v) is 21.2. The minimum absolute atomic E-state index is 0.119. The number of ether oxygens (including phenoxy) is 1. The molecule has 0 unspecified atom stereocenters. The molecule has 0 bridgehead atoms. The Balaban J connectivity index is 1.32. The molecule has 0 aliphatic heterocycles. The van der Waals surface area contributed by atoms with Gasteiger partial charge in [-0.1, -0.05) is 97.1 Å². The SMILES string of the molecule is Cn1c(-c2ccccc2)c(C(=O)COC(=O)c2nc(-c3ccccc3)n(-c3ccccc3)n2)c2ccccc21. The molecule has 39 heavy (non-hydrogen) atoms. The van der Waals surface area contributed by atoms with Crippen molar-refractivity contribution in [2.45, 2.75) is 0 Å². The number of ketones is 1. The first-order chi connectivity index (χ1) is 19.1. The highest BCUT2D eigenvalue weighted by atomic mass is 16.5. The number of aryl methyl sites for hydroxylation is 1. The fourth-order valence-electron chi connectivity index (χ4n) is 4.80. The largest absolute Gasteiger partial charge is 0.451 e. The quantitative estimate of drug-likeness (QED) is 0.190. The topological polar surface area (TPSA) is 79.0 Å². The lowest BCUT2D eigenvalue weighted by atomic mass is 10.0. The molecule has 0 amide bonds. The number of carbonyl (C=O) groups excluding carboxylic acids is 2. The van der Waals surface area contributed by atoms with Crippen molar-refractivity contribution in [3.8, 4) is 28.3 Å². The molecular formula is C32H24N4O3. The molecule has 0 atom stereocenters. The summed E-state index contributed by atoms with van der Waals surface area (Å²) in [5, 5.41) is 5.25. The Hall–Kier alpha value is -5.30. The molecule has 190 valence electrons. The van der Waals surface area contributed by atoms with Gasteiger partial charge in [-0.05, 0) is 23.8 Å². The second-order valence-electron chi connectivity index (χ2n) is 9.04. The first-order valence-corrected chi connectivity index (χ1v) is 12.5. The van der Waals surface area contributed by atoms with Crippen molar-refractivity contribution in [1.29, 1.82) is 0 Å². The van der Waals surface area contributed by atoms with Gasteiger partial charge < -0.3 is 9.30 Å². The first-order valence-electron chi connectivity index (χ1n) is 12.5. The van der Waals surface area contributed by atoms with Crippen LogP contribution in [-0.2, 0) is 11.8 Å². The fraction of sp³-hybridized carbons (Fsp3) is 0.0625. The third-order valence-corrected chi connectivity index (χ3v) is 6.59. The van der Waals surface area contributed by atoms with Crippen molar-refractivity contribution in [3.05, 3.63) is 127 Å². The Bertz CT molecular complexity index is 1730. The highest BCUT2D eigenvalue weighted by molar-refractivity contribution is 6.14. The minimum atomic E-state index is -0.767. The monoisotopic (exact) mass is 512 g/mol. The van der Waals surface area contributed by atoms with Crippen LogP contribution in [0.4, 0.5) is 0 Å². The van der Waals surface area contributed by atoms with Gasteiger partial charge in [0.1, 0.15) is 0 Å². The number of hydrogen-bond donors (Lipinski definition) is 0. The predicted octanol–water partition coefficient (Wildman–Crippen LogP) is 6.13. The summed E-state index contributed by atoms with van der Waals surface area (Å²) in [6.07, 6.45) is 0. The van der Waals surface area contributed by atoms with E-state index in [0.717, 1.165) is 33.4 Å². The molecule has 6 aromatic rings. The molecule has 0 saturated carbocycles. The van der Waals surface area contributed by atoms with Gasteiger partial charge in [0.05, 0.1) is 16.9 Å². The van der Waals surface area contributed by atoms with Crippen molar-refractivity contribution in [2.24, 2.45) is 7.05 Å². The zero-order chi connectivity index (χ0) is 26.8. The van der Waals surface area contributed by atoms with Crippen LogP contribution < -0.4 is 0 Å². The number of benzene rings is 4. The lowest BCUT2D eigenvalue weighted by Gasteiger charge is -2.08. The van der Waals surface area contributed by atoms with Crippen molar-refractivity contribution >= 4 is 22.7 Å². The number of nitrogens with zero attached hydrogens (tertiary/aromatic N) is 4. The molecule has 4 aromatic carbocycles. The van der Waals surface area contributed by atoms with Gasteiger partial charge >= 0.3 is 5.97 Å². The van der Waals surface area contributed by atoms with Crippen LogP contribution in [0.15, 0.2) is 115 Å². The van der Waals surface area contributed by atoms with Crippen LogP contribution in [0.25, 0.3) is 39.2 Å². The summed E-state index contributed by atoms with van der Waals surface area (Å²) in [5.41, 5.74) is 4.66. The number of hydrogen-bond acceptors (Lipinski definition) is 5. The van der Waals surface area contributed by atoms with E-state index in [4.69, 9.17) is 4.74 Å². The Labute approximate surface area is 224 Å². The smallest absolute Gasteiger partial charge is 0.378 e. The number of aromatic nitrogens is 4. The van der Waals surface area contributed by atoms with E-state index < -0.39 is 12.6 Å². The highest BCUT2D eigenvalue weighted by Crippen LogP contribution is 2.33. The van der Waals surface area contributed by atoms with Crippen molar-refractivity contribution < 1.29 is 14.3 Å². The van der Waals surface area contributed by atoms with E-state index in [-0.39, 0.29) is 11.6 Å². The summed E-state index contributed by atoms with van der Waals surface area (Å²) < 4.78 is 9.10. The molecule has 6 rings (SSSR count). The van der Waals surface area contributed by atoms with Crippen molar-refractivity contribution in [3.63, 3.8) is 0 Å². The summed E-state index contributed by atoms with van der Waals surface area (Å²) in [4.78, 5) is 31.2. The van der Waals surface area contributed by atoms with E-state index in [1.54, 1.807) is 4.68 Å². The molecule has 0 aliphatic carbocycles. The second kappa shape index (κ2) is 10.2. The molecule has 7 nitrogen and oxygen atoms in total. The Morgan fingerprint density at radius 1 is 0.744 bits per heavy atom. The van der Waals surface area contributed by atoms with Gasteiger partial charge in [0.25, 0.3) is 5.82 Å². The van der Waals surface area contributed by atoms with E-state index in [9.17, 15) is 9.59 Å². The average Bonchev–Trinajstić information content (AvgIpc) is 3.57. The molecule has 0 N–H and O–H groups in total. The van der Waals surface area contributed by atoms with Crippen LogP contribution in [0.3, 0.4) is 0 Å². The molecule has 0 fully saturated rings. The third-order valence-electron chi connectivity index (χ3n) is 6.59. The lowest BCUT2D eigenvalue weighted by Crippen LogP contribution is -2.16. The maximum atomic E-state index is 13.6. The van der Waals surface area contributed by atoms with Gasteiger partial charge in [-0.3, -0.25) is 4.79 Å². The number of fused-ring (bicyclic) bond motifs is 1. The van der Waals surface area contributed by atoms with Crippen LogP contribution >= 0.6 is 0 Å². The summed E-state index contributed by atoms with van der Waals surface area (Å²) in [5.74, 6) is -0.686. The van der Waals surface area contributed by atoms with Crippen LogP contribution in [0.5, 0.6) is 0 Å².